The molecule has 0 bridgehead atoms. The van der Waals surface area contributed by atoms with Crippen LogP contribution in [0.3, 0.4) is 0 Å². The third-order valence-corrected chi connectivity index (χ3v) is 3.29. The smallest absolute Gasteiger partial charge is 0.329 e. The summed E-state index contributed by atoms with van der Waals surface area (Å²) in [4.78, 5) is 23.5. The van der Waals surface area contributed by atoms with Crippen LogP contribution in [0.15, 0.2) is 0 Å². The van der Waals surface area contributed by atoms with E-state index in [0.717, 1.165) is 19.3 Å². The molecule has 2 fully saturated rings. The van der Waals surface area contributed by atoms with Gasteiger partial charge in [0.1, 0.15) is 11.6 Å². The fourth-order valence-corrected chi connectivity index (χ4v) is 2.68. The van der Waals surface area contributed by atoms with Crippen molar-refractivity contribution in [2.45, 2.75) is 51.7 Å². The van der Waals surface area contributed by atoms with Crippen molar-refractivity contribution in [3.05, 3.63) is 0 Å². The van der Waals surface area contributed by atoms with Gasteiger partial charge in [-0.3, -0.25) is 4.79 Å². The molecule has 1 heterocycles. The van der Waals surface area contributed by atoms with Crippen LogP contribution in [-0.4, -0.2) is 23.5 Å². The molecule has 1 saturated carbocycles. The summed E-state index contributed by atoms with van der Waals surface area (Å²) in [5, 5.41) is 2.76. The first-order valence-electron chi connectivity index (χ1n) is 5.92. The second-order valence-electron chi connectivity index (χ2n) is 5.72. The first-order chi connectivity index (χ1) is 7.38. The Kier molecular flexibility index (Phi) is 4.07. The molecular weight excluding hydrogens is 242 g/mol. The number of esters is 1. The molecule has 1 aliphatic heterocycles. The Hall–Kier alpha value is -0.770. The topological polar surface area (TPSA) is 55.4 Å². The van der Waals surface area contributed by atoms with Gasteiger partial charge in [0.15, 0.2) is 0 Å². The lowest BCUT2D eigenvalue weighted by molar-refractivity contribution is -0.158. The molecular formula is C12H20ClNO3. The van der Waals surface area contributed by atoms with Crippen molar-refractivity contribution >= 4 is 24.3 Å². The van der Waals surface area contributed by atoms with Crippen molar-refractivity contribution in [2.75, 3.05) is 0 Å². The third-order valence-electron chi connectivity index (χ3n) is 3.29. The normalized spacial score (nSPS) is 31.5. The second kappa shape index (κ2) is 4.84. The highest BCUT2D eigenvalue weighted by molar-refractivity contribution is 5.90. The third kappa shape index (κ3) is 2.92. The molecule has 2 aliphatic rings. The van der Waals surface area contributed by atoms with Crippen LogP contribution >= 0.6 is 12.4 Å². The van der Waals surface area contributed by atoms with Gasteiger partial charge in [-0.25, -0.2) is 4.79 Å². The van der Waals surface area contributed by atoms with E-state index in [2.05, 4.69) is 5.32 Å². The van der Waals surface area contributed by atoms with Gasteiger partial charge in [-0.05, 0) is 33.6 Å². The molecule has 3 atom stereocenters. The summed E-state index contributed by atoms with van der Waals surface area (Å²) in [5.74, 6) is -0.0616. The fourth-order valence-electron chi connectivity index (χ4n) is 2.68. The zero-order chi connectivity index (χ0) is 11.9. The number of carbonyl (C=O) groups excluding carboxylic acids is 2. The number of ether oxygens (including phenoxy) is 1. The average molecular weight is 262 g/mol. The van der Waals surface area contributed by atoms with Crippen molar-refractivity contribution in [3.63, 3.8) is 0 Å². The molecule has 4 nitrogen and oxygen atoms in total. The van der Waals surface area contributed by atoms with Crippen LogP contribution in [0.25, 0.3) is 0 Å². The van der Waals surface area contributed by atoms with E-state index >= 15 is 0 Å². The van der Waals surface area contributed by atoms with Crippen molar-refractivity contribution in [1.29, 1.82) is 0 Å². The van der Waals surface area contributed by atoms with E-state index in [1.807, 2.05) is 20.8 Å². The van der Waals surface area contributed by atoms with Gasteiger partial charge in [-0.15, -0.1) is 12.4 Å². The lowest BCUT2D eigenvalue weighted by atomic mass is 9.94. The van der Waals surface area contributed by atoms with Crippen LogP contribution in [0.2, 0.25) is 0 Å². The number of halogens is 1. The Bertz CT molecular complexity index is 324. The molecule has 2 rings (SSSR count). The Balaban J connectivity index is 0.00000144. The number of amides is 1. The highest BCUT2D eigenvalue weighted by atomic mass is 35.5. The van der Waals surface area contributed by atoms with Gasteiger partial charge in [0.05, 0.1) is 0 Å². The molecule has 0 spiro atoms. The first kappa shape index (κ1) is 14.3. The lowest BCUT2D eigenvalue weighted by Crippen LogP contribution is -2.41. The summed E-state index contributed by atoms with van der Waals surface area (Å²) in [7, 11) is 0. The van der Waals surface area contributed by atoms with Crippen molar-refractivity contribution in [1.82, 2.24) is 5.32 Å². The number of fused-ring (bicyclic) bond motifs is 1. The number of hydrogen-bond acceptors (Lipinski definition) is 3. The van der Waals surface area contributed by atoms with Gasteiger partial charge in [-0.2, -0.15) is 0 Å². The molecule has 0 radical (unpaired) electrons. The van der Waals surface area contributed by atoms with Crippen LogP contribution in [0.5, 0.6) is 0 Å². The molecule has 0 aromatic heterocycles. The van der Waals surface area contributed by atoms with Gasteiger partial charge in [0.2, 0.25) is 5.91 Å². The predicted molar refractivity (Wildman–Crippen MR) is 65.9 cm³/mol. The Morgan fingerprint density at radius 3 is 2.59 bits per heavy atom. The van der Waals surface area contributed by atoms with Crippen molar-refractivity contribution in [3.8, 4) is 0 Å². The predicted octanol–water partition coefficient (Wildman–Crippen LogP) is 1.66. The highest BCUT2D eigenvalue weighted by Crippen LogP contribution is 2.39. The van der Waals surface area contributed by atoms with E-state index in [0.29, 0.717) is 0 Å². The number of nitrogens with one attached hydrogen (secondary N) is 1. The van der Waals surface area contributed by atoms with Gasteiger partial charge >= 0.3 is 5.97 Å². The first-order valence-corrected chi connectivity index (χ1v) is 5.92. The molecule has 1 amide bonds. The largest absolute Gasteiger partial charge is 0.458 e. The van der Waals surface area contributed by atoms with E-state index in [4.69, 9.17) is 4.74 Å². The molecule has 17 heavy (non-hydrogen) atoms. The maximum Gasteiger partial charge on any atom is 0.329 e. The second-order valence-corrected chi connectivity index (χ2v) is 5.72. The molecule has 5 heteroatoms. The number of hydrogen-bond donors (Lipinski definition) is 1. The van der Waals surface area contributed by atoms with Gasteiger partial charge in [-0.1, -0.05) is 6.42 Å². The lowest BCUT2D eigenvalue weighted by Gasteiger charge is -2.24. The molecule has 0 aromatic carbocycles. The average Bonchev–Trinajstić information content (AvgIpc) is 2.66. The minimum atomic E-state index is -0.488. The van der Waals surface area contributed by atoms with Crippen molar-refractivity contribution in [2.24, 2.45) is 11.8 Å². The van der Waals surface area contributed by atoms with Gasteiger partial charge in [0.25, 0.3) is 0 Å². The SMILES string of the molecule is CC(C)(C)OC(=O)[C@H]1NC(=O)[C@@H]2CCC[C@H]12.Cl. The summed E-state index contributed by atoms with van der Waals surface area (Å²) < 4.78 is 5.32. The standard InChI is InChI=1S/C12H19NO3.ClH/c1-12(2,3)16-11(15)9-7-5-4-6-8(7)10(14)13-9;/h7-9H,4-6H2,1-3H3,(H,13,14);1H/t7-,8+,9-;/m0./s1. The molecule has 98 valence electrons. The summed E-state index contributed by atoms with van der Waals surface area (Å²) in [6, 6.07) is -0.417. The summed E-state index contributed by atoms with van der Waals surface area (Å²) in [6.07, 6.45) is 2.91. The number of rotatable bonds is 1. The minimum absolute atomic E-state index is 0. The summed E-state index contributed by atoms with van der Waals surface area (Å²) in [5.41, 5.74) is -0.488. The number of carbonyl (C=O) groups is 2. The summed E-state index contributed by atoms with van der Waals surface area (Å²) in [6.45, 7) is 5.52. The van der Waals surface area contributed by atoms with E-state index in [1.165, 1.54) is 0 Å². The van der Waals surface area contributed by atoms with Gasteiger partial charge < -0.3 is 10.1 Å². The minimum Gasteiger partial charge on any atom is -0.458 e. The molecule has 0 unspecified atom stereocenters. The molecule has 1 aliphatic carbocycles. The molecule has 1 N–H and O–H groups in total. The van der Waals surface area contributed by atoms with Crippen LogP contribution in [-0.2, 0) is 14.3 Å². The maximum atomic E-state index is 11.9. The highest BCUT2D eigenvalue weighted by Gasteiger charge is 2.49. The van der Waals surface area contributed by atoms with E-state index < -0.39 is 11.6 Å². The maximum absolute atomic E-state index is 11.9. The van der Waals surface area contributed by atoms with Crippen LogP contribution in [0.4, 0.5) is 0 Å². The fraction of sp³-hybridized carbons (Fsp3) is 0.833. The van der Waals surface area contributed by atoms with Crippen LogP contribution in [0, 0.1) is 11.8 Å². The zero-order valence-corrected chi connectivity index (χ0v) is 11.3. The molecule has 1 saturated heterocycles. The van der Waals surface area contributed by atoms with E-state index in [1.54, 1.807) is 0 Å². The Morgan fingerprint density at radius 1 is 1.35 bits per heavy atom. The molecule has 0 aromatic rings. The van der Waals surface area contributed by atoms with Crippen LogP contribution in [0.1, 0.15) is 40.0 Å². The summed E-state index contributed by atoms with van der Waals surface area (Å²) >= 11 is 0. The van der Waals surface area contributed by atoms with Gasteiger partial charge in [0, 0.05) is 11.8 Å². The van der Waals surface area contributed by atoms with E-state index in [9.17, 15) is 9.59 Å². The van der Waals surface area contributed by atoms with Crippen LogP contribution < -0.4 is 5.32 Å². The Labute approximate surface area is 108 Å². The van der Waals surface area contributed by atoms with Crippen molar-refractivity contribution < 1.29 is 14.3 Å². The van der Waals surface area contributed by atoms with E-state index in [-0.39, 0.29) is 36.1 Å². The zero-order valence-electron chi connectivity index (χ0n) is 10.5. The Morgan fingerprint density at radius 2 is 2.00 bits per heavy atom. The monoisotopic (exact) mass is 261 g/mol. The quantitative estimate of drug-likeness (QED) is 0.731.